The van der Waals surface area contributed by atoms with E-state index >= 15 is 0 Å². The number of hydrogen-bond acceptors (Lipinski definition) is 3. The second-order valence-corrected chi connectivity index (χ2v) is 7.00. The van der Waals surface area contributed by atoms with Crippen molar-refractivity contribution in [2.24, 2.45) is 0 Å². The molecule has 0 radical (unpaired) electrons. The average molecular weight is 361 g/mol. The van der Waals surface area contributed by atoms with Crippen LogP contribution in [0.4, 0.5) is 0 Å². The molecule has 5 heteroatoms. The maximum atomic E-state index is 13.1. The molecule has 0 bridgehead atoms. The lowest BCUT2D eigenvalue weighted by Gasteiger charge is -2.22. The Morgan fingerprint density at radius 3 is 2.56 bits per heavy atom. The summed E-state index contributed by atoms with van der Waals surface area (Å²) < 4.78 is 0. The summed E-state index contributed by atoms with van der Waals surface area (Å²) >= 11 is 0. The number of rotatable bonds is 3. The van der Waals surface area contributed by atoms with Crippen LogP contribution in [-0.2, 0) is 6.54 Å². The first-order chi connectivity index (χ1) is 13.2. The van der Waals surface area contributed by atoms with Crippen molar-refractivity contribution in [2.45, 2.75) is 13.0 Å². The number of carbonyl (C=O) groups is 1. The number of H-pyrrole nitrogens is 1. The van der Waals surface area contributed by atoms with Crippen LogP contribution >= 0.6 is 0 Å². The average Bonchev–Trinajstić information content (AvgIpc) is 2.93. The van der Waals surface area contributed by atoms with E-state index in [-0.39, 0.29) is 11.5 Å². The van der Waals surface area contributed by atoms with Crippen molar-refractivity contribution in [3.63, 3.8) is 0 Å². The fourth-order valence-corrected chi connectivity index (χ4v) is 3.73. The number of aromatic nitrogens is 1. The highest BCUT2D eigenvalue weighted by atomic mass is 16.2. The number of para-hydroxylation sites is 1. The van der Waals surface area contributed by atoms with Gasteiger partial charge in [-0.05, 0) is 18.1 Å². The fourth-order valence-electron chi connectivity index (χ4n) is 3.73. The van der Waals surface area contributed by atoms with Crippen LogP contribution in [0.3, 0.4) is 0 Å². The Hall–Kier alpha value is -2.92. The molecule has 1 aromatic heterocycles. The van der Waals surface area contributed by atoms with Crippen molar-refractivity contribution in [3.05, 3.63) is 82.1 Å². The van der Waals surface area contributed by atoms with Crippen LogP contribution in [-0.4, -0.2) is 46.9 Å². The van der Waals surface area contributed by atoms with Crippen LogP contribution in [0, 0.1) is 0 Å². The molecular formula is C22H23N3O2. The van der Waals surface area contributed by atoms with Gasteiger partial charge in [-0.2, -0.15) is 0 Å². The van der Waals surface area contributed by atoms with Gasteiger partial charge in [-0.1, -0.05) is 48.5 Å². The monoisotopic (exact) mass is 361 g/mol. The summed E-state index contributed by atoms with van der Waals surface area (Å²) in [4.78, 5) is 32.2. The van der Waals surface area contributed by atoms with Crippen LogP contribution in [0.5, 0.6) is 0 Å². The molecule has 3 aromatic rings. The Morgan fingerprint density at radius 2 is 1.70 bits per heavy atom. The molecule has 1 aliphatic rings. The van der Waals surface area contributed by atoms with Crippen molar-refractivity contribution in [1.82, 2.24) is 14.8 Å². The summed E-state index contributed by atoms with van der Waals surface area (Å²) in [5.41, 5.74) is 2.25. The van der Waals surface area contributed by atoms with Crippen molar-refractivity contribution < 1.29 is 4.79 Å². The molecule has 2 aromatic carbocycles. The molecule has 0 saturated carbocycles. The molecule has 27 heavy (non-hydrogen) atoms. The summed E-state index contributed by atoms with van der Waals surface area (Å²) in [5, 5.41) is 0.799. The van der Waals surface area contributed by atoms with E-state index in [0.29, 0.717) is 24.2 Å². The number of aromatic amines is 1. The number of hydrogen-bond donors (Lipinski definition) is 1. The van der Waals surface area contributed by atoms with Crippen LogP contribution in [0.1, 0.15) is 22.3 Å². The minimum atomic E-state index is -0.238. The number of amides is 1. The van der Waals surface area contributed by atoms with Crippen molar-refractivity contribution >= 4 is 16.8 Å². The van der Waals surface area contributed by atoms with Crippen molar-refractivity contribution in [3.8, 4) is 0 Å². The first-order valence-corrected chi connectivity index (χ1v) is 9.38. The third-order valence-corrected chi connectivity index (χ3v) is 5.11. The van der Waals surface area contributed by atoms with Gasteiger partial charge in [0.05, 0.1) is 5.56 Å². The van der Waals surface area contributed by atoms with Gasteiger partial charge < -0.3 is 9.88 Å². The van der Waals surface area contributed by atoms with Gasteiger partial charge in [-0.3, -0.25) is 14.5 Å². The number of pyridine rings is 1. The van der Waals surface area contributed by atoms with Gasteiger partial charge in [0.1, 0.15) is 0 Å². The summed E-state index contributed by atoms with van der Waals surface area (Å²) in [7, 11) is 0. The number of fused-ring (bicyclic) bond motifs is 1. The normalized spacial score (nSPS) is 15.6. The number of carbonyl (C=O) groups excluding carboxylic acids is 1. The van der Waals surface area contributed by atoms with E-state index < -0.39 is 0 Å². The predicted molar refractivity (Wildman–Crippen MR) is 107 cm³/mol. The molecule has 0 atom stereocenters. The number of nitrogens with one attached hydrogen (secondary N) is 1. The quantitative estimate of drug-likeness (QED) is 0.780. The summed E-state index contributed by atoms with van der Waals surface area (Å²) in [5.74, 6) is -0.0566. The van der Waals surface area contributed by atoms with Crippen molar-refractivity contribution in [1.29, 1.82) is 0 Å². The second-order valence-electron chi connectivity index (χ2n) is 7.00. The van der Waals surface area contributed by atoms with Crippen LogP contribution in [0.2, 0.25) is 0 Å². The lowest BCUT2D eigenvalue weighted by atomic mass is 10.1. The lowest BCUT2D eigenvalue weighted by Crippen LogP contribution is -2.35. The smallest absolute Gasteiger partial charge is 0.254 e. The van der Waals surface area contributed by atoms with Gasteiger partial charge in [-0.25, -0.2) is 0 Å². The minimum absolute atomic E-state index is 0.0566. The van der Waals surface area contributed by atoms with E-state index in [4.69, 9.17) is 0 Å². The molecule has 1 aliphatic heterocycles. The molecule has 1 amide bonds. The van der Waals surface area contributed by atoms with Gasteiger partial charge in [-0.15, -0.1) is 0 Å². The topological polar surface area (TPSA) is 56.4 Å². The van der Waals surface area contributed by atoms with Gasteiger partial charge in [0.15, 0.2) is 0 Å². The molecule has 0 spiro atoms. The molecule has 1 fully saturated rings. The predicted octanol–water partition coefficient (Wildman–Crippen LogP) is 2.88. The van der Waals surface area contributed by atoms with Crippen LogP contribution in [0.25, 0.3) is 10.9 Å². The molecule has 0 unspecified atom stereocenters. The fraction of sp³-hybridized carbons (Fsp3) is 0.273. The molecule has 2 heterocycles. The highest BCUT2D eigenvalue weighted by molar-refractivity contribution is 6.05. The van der Waals surface area contributed by atoms with Gasteiger partial charge in [0.25, 0.3) is 5.91 Å². The van der Waals surface area contributed by atoms with E-state index in [9.17, 15) is 9.59 Å². The Bertz CT molecular complexity index is 997. The molecule has 1 N–H and O–H groups in total. The van der Waals surface area contributed by atoms with Gasteiger partial charge in [0.2, 0.25) is 5.56 Å². The van der Waals surface area contributed by atoms with Gasteiger partial charge >= 0.3 is 0 Å². The Labute approximate surface area is 158 Å². The third-order valence-electron chi connectivity index (χ3n) is 5.11. The molecule has 1 saturated heterocycles. The van der Waals surface area contributed by atoms with Crippen LogP contribution in [0.15, 0.2) is 65.5 Å². The summed E-state index contributed by atoms with van der Waals surface area (Å²) in [6.45, 7) is 4.09. The molecule has 0 aliphatic carbocycles. The first-order valence-electron chi connectivity index (χ1n) is 9.38. The Balaban J connectivity index is 1.51. The zero-order chi connectivity index (χ0) is 18.6. The first kappa shape index (κ1) is 17.5. The lowest BCUT2D eigenvalue weighted by molar-refractivity contribution is 0.0763. The molecular weight excluding hydrogens is 338 g/mol. The molecule has 4 rings (SSSR count). The van der Waals surface area contributed by atoms with E-state index in [1.165, 1.54) is 11.6 Å². The molecule has 5 nitrogen and oxygen atoms in total. The summed E-state index contributed by atoms with van der Waals surface area (Å²) in [6.07, 6.45) is 0.930. The number of benzene rings is 2. The number of nitrogens with zero attached hydrogens (tertiary/aromatic N) is 2. The highest BCUT2D eigenvalue weighted by Crippen LogP contribution is 2.18. The van der Waals surface area contributed by atoms with E-state index in [2.05, 4.69) is 34.1 Å². The molecule has 138 valence electrons. The zero-order valence-electron chi connectivity index (χ0n) is 15.2. The van der Waals surface area contributed by atoms with E-state index in [1.54, 1.807) is 0 Å². The second kappa shape index (κ2) is 7.76. The minimum Gasteiger partial charge on any atom is -0.337 e. The SMILES string of the molecule is O=C(c1cc(=O)[nH]c2ccccc12)N1CCCN(Cc2ccccc2)CC1. The highest BCUT2D eigenvalue weighted by Gasteiger charge is 2.22. The largest absolute Gasteiger partial charge is 0.337 e. The third kappa shape index (κ3) is 3.93. The summed E-state index contributed by atoms with van der Waals surface area (Å²) in [6, 6.07) is 19.3. The maximum Gasteiger partial charge on any atom is 0.254 e. The zero-order valence-corrected chi connectivity index (χ0v) is 15.2. The standard InChI is InChI=1S/C22H23N3O2/c26-21-15-19(18-9-4-5-10-20(18)23-21)22(27)25-12-6-11-24(13-14-25)16-17-7-2-1-3-8-17/h1-5,7-10,15H,6,11-14,16H2,(H,23,26). The maximum absolute atomic E-state index is 13.1. The Kier molecular flexibility index (Phi) is 5.03. The van der Waals surface area contributed by atoms with Gasteiger partial charge in [0, 0.05) is 49.7 Å². The van der Waals surface area contributed by atoms with E-state index in [0.717, 1.165) is 31.4 Å². The van der Waals surface area contributed by atoms with Crippen LogP contribution < -0.4 is 5.56 Å². The Morgan fingerprint density at radius 1 is 0.926 bits per heavy atom. The van der Waals surface area contributed by atoms with E-state index in [1.807, 2.05) is 35.2 Å². The van der Waals surface area contributed by atoms with Crippen molar-refractivity contribution in [2.75, 3.05) is 26.2 Å².